The highest BCUT2D eigenvalue weighted by Gasteiger charge is 2.16. The van der Waals surface area contributed by atoms with Crippen LogP contribution in [0, 0.1) is 5.82 Å². The minimum atomic E-state index is -0.171. The highest BCUT2D eigenvalue weighted by molar-refractivity contribution is 5.26. The maximum Gasteiger partial charge on any atom is 0.128 e. The van der Waals surface area contributed by atoms with Gasteiger partial charge >= 0.3 is 0 Å². The smallest absolute Gasteiger partial charge is 0.128 e. The summed E-state index contributed by atoms with van der Waals surface area (Å²) in [6, 6.07) is 5.09. The van der Waals surface area contributed by atoms with Crippen molar-refractivity contribution in [3.63, 3.8) is 0 Å². The number of imidazole rings is 1. The molecule has 0 unspecified atom stereocenters. The predicted octanol–water partition coefficient (Wildman–Crippen LogP) is 2.41. The van der Waals surface area contributed by atoms with Gasteiger partial charge in [0.05, 0.1) is 18.6 Å². The van der Waals surface area contributed by atoms with Crippen molar-refractivity contribution in [3.8, 4) is 0 Å². The van der Waals surface area contributed by atoms with E-state index in [0.717, 1.165) is 18.4 Å². The van der Waals surface area contributed by atoms with Crippen molar-refractivity contribution in [1.82, 2.24) is 9.55 Å². The number of rotatable bonds is 3. The molecule has 3 nitrogen and oxygen atoms in total. The molecule has 1 heterocycles. The van der Waals surface area contributed by atoms with Crippen LogP contribution in [0.4, 0.5) is 4.39 Å². The van der Waals surface area contributed by atoms with Crippen LogP contribution >= 0.6 is 0 Å². The highest BCUT2D eigenvalue weighted by Crippen LogP contribution is 2.21. The Hall–Kier alpha value is -1.68. The second-order valence-corrected chi connectivity index (χ2v) is 5.10. The molecule has 0 fully saturated rings. The highest BCUT2D eigenvalue weighted by atomic mass is 19.1. The van der Waals surface area contributed by atoms with Crippen LogP contribution in [0.15, 0.2) is 24.5 Å². The van der Waals surface area contributed by atoms with E-state index in [1.807, 2.05) is 12.4 Å². The first kappa shape index (κ1) is 12.4. The quantitative estimate of drug-likeness (QED) is 0.920. The van der Waals surface area contributed by atoms with Gasteiger partial charge in [0.15, 0.2) is 0 Å². The predicted molar refractivity (Wildman–Crippen MR) is 72.3 cm³/mol. The van der Waals surface area contributed by atoms with E-state index >= 15 is 0 Å². The Morgan fingerprint density at radius 3 is 2.95 bits per heavy atom. The van der Waals surface area contributed by atoms with Crippen LogP contribution in [0.5, 0.6) is 0 Å². The summed E-state index contributed by atoms with van der Waals surface area (Å²) >= 11 is 0. The van der Waals surface area contributed by atoms with Crippen molar-refractivity contribution in [3.05, 3.63) is 52.9 Å². The van der Waals surface area contributed by atoms with Gasteiger partial charge in [-0.1, -0.05) is 6.07 Å². The van der Waals surface area contributed by atoms with Crippen LogP contribution < -0.4 is 5.73 Å². The molecule has 0 amide bonds. The van der Waals surface area contributed by atoms with Gasteiger partial charge in [0, 0.05) is 17.8 Å². The lowest BCUT2D eigenvalue weighted by atomic mass is 10.0. The molecule has 0 bridgehead atoms. The first-order valence-electron chi connectivity index (χ1n) is 6.78. The van der Waals surface area contributed by atoms with Gasteiger partial charge < -0.3 is 10.3 Å². The number of nitrogens with zero attached hydrogens (tertiary/aromatic N) is 2. The summed E-state index contributed by atoms with van der Waals surface area (Å²) in [5.41, 5.74) is 9.71. The van der Waals surface area contributed by atoms with Gasteiger partial charge in [0.1, 0.15) is 5.82 Å². The third-order valence-corrected chi connectivity index (χ3v) is 3.80. The van der Waals surface area contributed by atoms with E-state index in [-0.39, 0.29) is 5.82 Å². The fraction of sp³-hybridized carbons (Fsp3) is 0.400. The first-order valence-corrected chi connectivity index (χ1v) is 6.78. The van der Waals surface area contributed by atoms with Gasteiger partial charge in [0.25, 0.3) is 0 Å². The summed E-state index contributed by atoms with van der Waals surface area (Å²) in [7, 11) is 0. The molecule has 3 rings (SSSR count). The number of fused-ring (bicyclic) bond motifs is 1. The summed E-state index contributed by atoms with van der Waals surface area (Å²) < 4.78 is 15.9. The van der Waals surface area contributed by atoms with Gasteiger partial charge in [-0.3, -0.25) is 0 Å². The fourth-order valence-electron chi connectivity index (χ4n) is 2.73. The van der Waals surface area contributed by atoms with Crippen LogP contribution in [0.2, 0.25) is 0 Å². The van der Waals surface area contributed by atoms with Crippen molar-refractivity contribution in [1.29, 1.82) is 0 Å². The molecule has 1 aliphatic carbocycles. The number of aryl methyl sites for hydroxylation is 1. The molecule has 1 aromatic carbocycles. The summed E-state index contributed by atoms with van der Waals surface area (Å²) in [5, 5.41) is 0. The zero-order chi connectivity index (χ0) is 13.2. The molecule has 0 aliphatic heterocycles. The first-order chi connectivity index (χ1) is 9.28. The van der Waals surface area contributed by atoms with E-state index in [2.05, 4.69) is 9.55 Å². The van der Waals surface area contributed by atoms with Gasteiger partial charge in [-0.2, -0.15) is 0 Å². The zero-order valence-corrected chi connectivity index (χ0v) is 10.9. The van der Waals surface area contributed by atoms with Crippen LogP contribution in [0.3, 0.4) is 0 Å². The molecule has 2 N–H and O–H groups in total. The van der Waals surface area contributed by atoms with Gasteiger partial charge in [-0.15, -0.1) is 0 Å². The molecule has 0 atom stereocenters. The number of hydrogen-bond acceptors (Lipinski definition) is 2. The normalized spacial score (nSPS) is 14.4. The lowest BCUT2D eigenvalue weighted by molar-refractivity contribution is 0.584. The third-order valence-electron chi connectivity index (χ3n) is 3.80. The SMILES string of the molecule is NCc1ccc(F)c(Cn2cnc3c2CCCC3)c1. The minimum absolute atomic E-state index is 0.171. The van der Waals surface area contributed by atoms with Crippen molar-refractivity contribution in [2.45, 2.75) is 38.8 Å². The Labute approximate surface area is 112 Å². The van der Waals surface area contributed by atoms with E-state index in [1.54, 1.807) is 6.07 Å². The summed E-state index contributed by atoms with van der Waals surface area (Å²) in [6.07, 6.45) is 6.34. The average molecular weight is 259 g/mol. The monoisotopic (exact) mass is 259 g/mol. The third kappa shape index (κ3) is 2.40. The average Bonchev–Trinajstić information content (AvgIpc) is 2.85. The lowest BCUT2D eigenvalue weighted by Gasteiger charge is -2.14. The standard InChI is InChI=1S/C15H18FN3/c16-13-6-5-11(8-17)7-12(13)9-19-10-18-14-3-1-2-4-15(14)19/h5-7,10H,1-4,8-9,17H2. The Kier molecular flexibility index (Phi) is 3.34. The Balaban J connectivity index is 1.91. The molecular formula is C15H18FN3. The number of hydrogen-bond donors (Lipinski definition) is 1. The van der Waals surface area contributed by atoms with Gasteiger partial charge in [0.2, 0.25) is 0 Å². The molecule has 1 aromatic heterocycles. The molecule has 2 aromatic rings. The molecule has 1 aliphatic rings. The number of halogens is 1. The van der Waals surface area contributed by atoms with Crippen molar-refractivity contribution >= 4 is 0 Å². The summed E-state index contributed by atoms with van der Waals surface area (Å²) in [5.74, 6) is -0.171. The second-order valence-electron chi connectivity index (χ2n) is 5.10. The number of aromatic nitrogens is 2. The van der Waals surface area contributed by atoms with E-state index < -0.39 is 0 Å². The largest absolute Gasteiger partial charge is 0.330 e. The van der Waals surface area contributed by atoms with E-state index in [0.29, 0.717) is 18.7 Å². The van der Waals surface area contributed by atoms with Gasteiger partial charge in [-0.25, -0.2) is 9.37 Å². The Morgan fingerprint density at radius 1 is 1.26 bits per heavy atom. The molecule has 19 heavy (non-hydrogen) atoms. The summed E-state index contributed by atoms with van der Waals surface area (Å²) in [4.78, 5) is 4.44. The molecule has 0 saturated heterocycles. The second kappa shape index (κ2) is 5.13. The fourth-order valence-corrected chi connectivity index (χ4v) is 2.73. The van der Waals surface area contributed by atoms with Crippen LogP contribution in [0.1, 0.15) is 35.4 Å². The molecule has 4 heteroatoms. The van der Waals surface area contributed by atoms with Crippen LogP contribution in [-0.2, 0) is 25.9 Å². The molecule has 0 radical (unpaired) electrons. The van der Waals surface area contributed by atoms with E-state index in [9.17, 15) is 4.39 Å². The molecule has 0 saturated carbocycles. The molecule has 100 valence electrons. The lowest BCUT2D eigenvalue weighted by Crippen LogP contribution is -2.10. The number of benzene rings is 1. The van der Waals surface area contributed by atoms with Gasteiger partial charge in [-0.05, 0) is 43.4 Å². The summed E-state index contributed by atoms with van der Waals surface area (Å²) in [6.45, 7) is 0.983. The maximum absolute atomic E-state index is 13.9. The topological polar surface area (TPSA) is 43.8 Å². The van der Waals surface area contributed by atoms with Crippen molar-refractivity contribution in [2.75, 3.05) is 0 Å². The van der Waals surface area contributed by atoms with E-state index in [4.69, 9.17) is 5.73 Å². The van der Waals surface area contributed by atoms with Crippen LogP contribution in [-0.4, -0.2) is 9.55 Å². The molecular weight excluding hydrogens is 241 g/mol. The molecule has 0 spiro atoms. The zero-order valence-electron chi connectivity index (χ0n) is 10.9. The Morgan fingerprint density at radius 2 is 2.11 bits per heavy atom. The van der Waals surface area contributed by atoms with Crippen molar-refractivity contribution < 1.29 is 4.39 Å². The van der Waals surface area contributed by atoms with E-state index in [1.165, 1.54) is 30.3 Å². The minimum Gasteiger partial charge on any atom is -0.330 e. The Bertz CT molecular complexity index is 589. The van der Waals surface area contributed by atoms with Crippen molar-refractivity contribution in [2.24, 2.45) is 5.73 Å². The maximum atomic E-state index is 13.9. The number of nitrogens with two attached hydrogens (primary N) is 1. The van der Waals surface area contributed by atoms with Crippen LogP contribution in [0.25, 0.3) is 0 Å².